The van der Waals surface area contributed by atoms with E-state index in [1.807, 2.05) is 0 Å². The van der Waals surface area contributed by atoms with Crippen LogP contribution >= 0.6 is 0 Å². The second-order valence-corrected chi connectivity index (χ2v) is 8.18. The third kappa shape index (κ3) is 3.74. The number of carboxylic acid groups (broad SMARTS) is 1. The van der Waals surface area contributed by atoms with E-state index in [4.69, 9.17) is 0 Å². The molecule has 120 valence electrons. The van der Waals surface area contributed by atoms with Crippen LogP contribution in [0.3, 0.4) is 0 Å². The number of nitrogens with one attached hydrogen (secondary N) is 1. The molecule has 1 aliphatic heterocycles. The van der Waals surface area contributed by atoms with E-state index in [9.17, 15) is 23.1 Å². The van der Waals surface area contributed by atoms with Gasteiger partial charge in [0.1, 0.15) is 0 Å². The molecule has 1 saturated heterocycles. The number of amides is 1. The Balaban J connectivity index is 1.77. The van der Waals surface area contributed by atoms with Crippen molar-refractivity contribution < 1.29 is 23.1 Å². The zero-order valence-electron chi connectivity index (χ0n) is 12.2. The van der Waals surface area contributed by atoms with Crippen LogP contribution in [0.1, 0.15) is 32.1 Å². The van der Waals surface area contributed by atoms with Gasteiger partial charge in [0.15, 0.2) is 0 Å². The Bertz CT molecular complexity index is 527. The maximum atomic E-state index is 11.9. The van der Waals surface area contributed by atoms with E-state index in [0.717, 1.165) is 12.8 Å². The van der Waals surface area contributed by atoms with Crippen LogP contribution in [-0.4, -0.2) is 55.6 Å². The van der Waals surface area contributed by atoms with Gasteiger partial charge in [-0.05, 0) is 25.2 Å². The fraction of sp³-hybridized carbons (Fsp3) is 0.846. The summed E-state index contributed by atoms with van der Waals surface area (Å²) in [7, 11) is -3.17. The van der Waals surface area contributed by atoms with Gasteiger partial charge in [-0.2, -0.15) is 0 Å². The van der Waals surface area contributed by atoms with Gasteiger partial charge in [0.2, 0.25) is 15.9 Å². The molecule has 1 unspecified atom stereocenters. The van der Waals surface area contributed by atoms with Crippen molar-refractivity contribution in [2.45, 2.75) is 32.1 Å². The largest absolute Gasteiger partial charge is 0.481 e. The van der Waals surface area contributed by atoms with Crippen LogP contribution in [0.5, 0.6) is 0 Å². The molecule has 2 aliphatic rings. The van der Waals surface area contributed by atoms with E-state index in [-0.39, 0.29) is 18.2 Å². The molecule has 0 aromatic rings. The molecule has 21 heavy (non-hydrogen) atoms. The Morgan fingerprint density at radius 1 is 1.38 bits per heavy atom. The highest BCUT2D eigenvalue weighted by molar-refractivity contribution is 7.88. The maximum absolute atomic E-state index is 11.9. The summed E-state index contributed by atoms with van der Waals surface area (Å²) >= 11 is 0. The highest BCUT2D eigenvalue weighted by Gasteiger charge is 2.45. The number of hydrogen-bond donors (Lipinski definition) is 2. The van der Waals surface area contributed by atoms with Crippen molar-refractivity contribution >= 4 is 21.9 Å². The van der Waals surface area contributed by atoms with Crippen molar-refractivity contribution in [1.82, 2.24) is 9.62 Å². The first-order valence-electron chi connectivity index (χ1n) is 7.18. The minimum absolute atomic E-state index is 0.0187. The second kappa shape index (κ2) is 5.92. The first kappa shape index (κ1) is 16.2. The van der Waals surface area contributed by atoms with Gasteiger partial charge in [0.05, 0.1) is 11.7 Å². The van der Waals surface area contributed by atoms with Crippen LogP contribution in [0.4, 0.5) is 0 Å². The molecule has 1 atom stereocenters. The molecule has 1 amide bonds. The predicted octanol–water partition coefficient (Wildman–Crippen LogP) is 0.0291. The summed E-state index contributed by atoms with van der Waals surface area (Å²) in [6, 6.07) is 0. The van der Waals surface area contributed by atoms with Gasteiger partial charge in [-0.25, -0.2) is 12.7 Å². The molecule has 8 heteroatoms. The number of carbonyl (C=O) groups excluding carboxylic acids is 1. The Hall–Kier alpha value is -1.15. The van der Waals surface area contributed by atoms with E-state index < -0.39 is 21.4 Å². The smallest absolute Gasteiger partial charge is 0.310 e. The third-order valence-electron chi connectivity index (χ3n) is 4.57. The quantitative estimate of drug-likeness (QED) is 0.719. The molecule has 7 nitrogen and oxygen atoms in total. The Labute approximate surface area is 124 Å². The van der Waals surface area contributed by atoms with Gasteiger partial charge < -0.3 is 10.4 Å². The van der Waals surface area contributed by atoms with Crippen LogP contribution in [-0.2, 0) is 19.6 Å². The van der Waals surface area contributed by atoms with E-state index >= 15 is 0 Å². The first-order chi connectivity index (χ1) is 9.73. The van der Waals surface area contributed by atoms with Gasteiger partial charge in [-0.3, -0.25) is 9.59 Å². The second-order valence-electron chi connectivity index (χ2n) is 6.20. The summed E-state index contributed by atoms with van der Waals surface area (Å²) < 4.78 is 24.2. The number of carbonyl (C=O) groups is 2. The van der Waals surface area contributed by atoms with Crippen LogP contribution in [0, 0.1) is 11.3 Å². The summed E-state index contributed by atoms with van der Waals surface area (Å²) in [5.41, 5.74) is -0.876. The molecular formula is C13H22N2O5S. The van der Waals surface area contributed by atoms with E-state index in [2.05, 4.69) is 5.32 Å². The molecule has 0 aromatic carbocycles. The van der Waals surface area contributed by atoms with Crippen molar-refractivity contribution in [2.75, 3.05) is 25.9 Å². The lowest BCUT2D eigenvalue weighted by Gasteiger charge is -2.37. The monoisotopic (exact) mass is 318 g/mol. The average molecular weight is 318 g/mol. The SMILES string of the molecule is CS(=O)(=O)N1CCC(CNC(=O)CC2(C(=O)O)CCC2)C1. The Kier molecular flexibility index (Phi) is 4.57. The topological polar surface area (TPSA) is 104 Å². The lowest BCUT2D eigenvalue weighted by atomic mass is 9.66. The summed E-state index contributed by atoms with van der Waals surface area (Å²) in [4.78, 5) is 23.1. The minimum atomic E-state index is -3.17. The van der Waals surface area contributed by atoms with Gasteiger partial charge in [0, 0.05) is 26.1 Å². The van der Waals surface area contributed by atoms with Crippen LogP contribution in [0.25, 0.3) is 0 Å². The number of hydrogen-bond acceptors (Lipinski definition) is 4. The minimum Gasteiger partial charge on any atom is -0.481 e. The standard InChI is InChI=1S/C13H22N2O5S/c1-21(19,20)15-6-3-10(9-15)8-14-11(16)7-13(12(17)18)4-2-5-13/h10H,2-9H2,1H3,(H,14,16)(H,17,18). The van der Waals surface area contributed by atoms with E-state index in [1.165, 1.54) is 10.6 Å². The molecule has 0 radical (unpaired) electrons. The van der Waals surface area contributed by atoms with Crippen LogP contribution in [0.15, 0.2) is 0 Å². The number of rotatable bonds is 6. The maximum Gasteiger partial charge on any atom is 0.310 e. The molecule has 2 N–H and O–H groups in total. The number of aliphatic carboxylic acids is 1. The van der Waals surface area contributed by atoms with Crippen molar-refractivity contribution in [3.63, 3.8) is 0 Å². The first-order valence-corrected chi connectivity index (χ1v) is 9.03. The molecule has 2 rings (SSSR count). The number of carboxylic acids is 1. The molecule has 1 heterocycles. The van der Waals surface area contributed by atoms with E-state index in [1.54, 1.807) is 0 Å². The van der Waals surface area contributed by atoms with Crippen molar-refractivity contribution in [1.29, 1.82) is 0 Å². The molecule has 0 bridgehead atoms. The van der Waals surface area contributed by atoms with Crippen molar-refractivity contribution in [2.24, 2.45) is 11.3 Å². The zero-order chi connectivity index (χ0) is 15.7. The normalized spacial score (nSPS) is 25.3. The highest BCUT2D eigenvalue weighted by Crippen LogP contribution is 2.44. The van der Waals surface area contributed by atoms with Crippen molar-refractivity contribution in [3.8, 4) is 0 Å². The Morgan fingerprint density at radius 3 is 2.48 bits per heavy atom. The van der Waals surface area contributed by atoms with Gasteiger partial charge in [0.25, 0.3) is 0 Å². The third-order valence-corrected chi connectivity index (χ3v) is 5.84. The molecule has 0 aromatic heterocycles. The number of sulfonamides is 1. The molecular weight excluding hydrogens is 296 g/mol. The predicted molar refractivity (Wildman–Crippen MR) is 76.1 cm³/mol. The number of nitrogens with zero attached hydrogens (tertiary/aromatic N) is 1. The molecule has 2 fully saturated rings. The van der Waals surface area contributed by atoms with Gasteiger partial charge in [-0.15, -0.1) is 0 Å². The Morgan fingerprint density at radius 2 is 2.05 bits per heavy atom. The molecule has 0 spiro atoms. The average Bonchev–Trinajstić information content (AvgIpc) is 2.79. The summed E-state index contributed by atoms with van der Waals surface area (Å²) in [6.45, 7) is 1.31. The lowest BCUT2D eigenvalue weighted by molar-refractivity contribution is -0.157. The summed E-state index contributed by atoms with van der Waals surface area (Å²) in [5, 5.41) is 11.9. The fourth-order valence-electron chi connectivity index (χ4n) is 2.96. The van der Waals surface area contributed by atoms with Crippen LogP contribution < -0.4 is 5.32 Å². The van der Waals surface area contributed by atoms with E-state index in [0.29, 0.717) is 32.5 Å². The van der Waals surface area contributed by atoms with Crippen LogP contribution in [0.2, 0.25) is 0 Å². The van der Waals surface area contributed by atoms with Gasteiger partial charge >= 0.3 is 5.97 Å². The molecule has 1 saturated carbocycles. The zero-order valence-corrected chi connectivity index (χ0v) is 13.0. The van der Waals surface area contributed by atoms with Crippen molar-refractivity contribution in [3.05, 3.63) is 0 Å². The highest BCUT2D eigenvalue weighted by atomic mass is 32.2. The van der Waals surface area contributed by atoms with Gasteiger partial charge in [-0.1, -0.05) is 6.42 Å². The molecule has 1 aliphatic carbocycles. The summed E-state index contributed by atoms with van der Waals surface area (Å²) in [5.74, 6) is -1.05. The summed E-state index contributed by atoms with van der Waals surface area (Å²) in [6.07, 6.45) is 3.89. The lowest BCUT2D eigenvalue weighted by Crippen LogP contribution is -2.43. The fourth-order valence-corrected chi connectivity index (χ4v) is 3.88.